The molecule has 0 saturated carbocycles. The average Bonchev–Trinajstić information content (AvgIpc) is 2.56. The molecule has 2 aromatic rings. The lowest BCUT2D eigenvalue weighted by molar-refractivity contribution is -0.871. The van der Waals surface area contributed by atoms with E-state index in [0.29, 0.717) is 24.6 Å². The molecule has 128 valence electrons. The Labute approximate surface area is 143 Å². The summed E-state index contributed by atoms with van der Waals surface area (Å²) in [5, 5.41) is 2.92. The molecular weight excluding hydrogens is 304 g/mol. The van der Waals surface area contributed by atoms with Crippen molar-refractivity contribution in [1.82, 2.24) is 0 Å². The van der Waals surface area contributed by atoms with Crippen molar-refractivity contribution in [1.29, 1.82) is 0 Å². The van der Waals surface area contributed by atoms with Crippen LogP contribution in [0.4, 0.5) is 5.69 Å². The number of carbonyl (C=O) groups is 1. The van der Waals surface area contributed by atoms with Crippen LogP contribution < -0.4 is 19.7 Å². The molecule has 5 heteroatoms. The van der Waals surface area contributed by atoms with Gasteiger partial charge in [0, 0.05) is 0 Å². The SMILES string of the molecule is COc1ccc(C)cc1NC(=O)C[NH+](C)CCOc1ccccc1. The maximum absolute atomic E-state index is 12.2. The highest BCUT2D eigenvalue weighted by atomic mass is 16.5. The summed E-state index contributed by atoms with van der Waals surface area (Å²) in [5.74, 6) is 1.47. The van der Waals surface area contributed by atoms with Crippen LogP contribution in [-0.4, -0.2) is 39.8 Å². The summed E-state index contributed by atoms with van der Waals surface area (Å²) in [6.45, 7) is 3.66. The van der Waals surface area contributed by atoms with E-state index in [0.717, 1.165) is 22.8 Å². The lowest BCUT2D eigenvalue weighted by Crippen LogP contribution is -3.10. The van der Waals surface area contributed by atoms with E-state index in [1.165, 1.54) is 0 Å². The van der Waals surface area contributed by atoms with Gasteiger partial charge in [0.2, 0.25) is 0 Å². The van der Waals surface area contributed by atoms with Crippen LogP contribution in [0.5, 0.6) is 11.5 Å². The van der Waals surface area contributed by atoms with Gasteiger partial charge < -0.3 is 19.7 Å². The van der Waals surface area contributed by atoms with E-state index < -0.39 is 0 Å². The Morgan fingerprint density at radius 1 is 1.17 bits per heavy atom. The number of nitrogens with one attached hydrogen (secondary N) is 2. The third kappa shape index (κ3) is 5.59. The second-order valence-electron chi connectivity index (χ2n) is 5.80. The first-order chi connectivity index (χ1) is 11.6. The molecule has 0 bridgehead atoms. The van der Waals surface area contributed by atoms with Crippen LogP contribution in [0.3, 0.4) is 0 Å². The highest BCUT2D eigenvalue weighted by molar-refractivity contribution is 5.93. The Hall–Kier alpha value is -2.53. The number of likely N-dealkylation sites (N-methyl/N-ethyl adjacent to an activating group) is 1. The topological polar surface area (TPSA) is 52.0 Å². The third-order valence-corrected chi connectivity index (χ3v) is 3.63. The van der Waals surface area contributed by atoms with Crippen molar-refractivity contribution in [3.63, 3.8) is 0 Å². The van der Waals surface area contributed by atoms with Gasteiger partial charge in [0.05, 0.1) is 19.8 Å². The molecule has 24 heavy (non-hydrogen) atoms. The Morgan fingerprint density at radius 3 is 2.62 bits per heavy atom. The molecule has 0 aromatic heterocycles. The van der Waals surface area contributed by atoms with Crippen molar-refractivity contribution in [2.24, 2.45) is 0 Å². The average molecular weight is 329 g/mol. The first kappa shape index (κ1) is 17.8. The number of para-hydroxylation sites is 1. The zero-order valence-electron chi connectivity index (χ0n) is 14.5. The second-order valence-corrected chi connectivity index (χ2v) is 5.80. The smallest absolute Gasteiger partial charge is 0.279 e. The van der Waals surface area contributed by atoms with Gasteiger partial charge in [-0.25, -0.2) is 0 Å². The monoisotopic (exact) mass is 329 g/mol. The van der Waals surface area contributed by atoms with Crippen molar-refractivity contribution in [3.05, 3.63) is 54.1 Å². The van der Waals surface area contributed by atoms with E-state index in [2.05, 4.69) is 5.32 Å². The molecule has 5 nitrogen and oxygen atoms in total. The van der Waals surface area contributed by atoms with Crippen LogP contribution in [0.15, 0.2) is 48.5 Å². The molecule has 2 rings (SSSR count). The number of rotatable bonds is 8. The van der Waals surface area contributed by atoms with Crippen molar-refractivity contribution >= 4 is 11.6 Å². The van der Waals surface area contributed by atoms with E-state index in [9.17, 15) is 4.79 Å². The van der Waals surface area contributed by atoms with Gasteiger partial charge >= 0.3 is 0 Å². The molecule has 2 aromatic carbocycles. The standard InChI is InChI=1S/C19H24N2O3/c1-15-9-10-18(23-3)17(13-15)20-19(22)14-21(2)11-12-24-16-7-5-4-6-8-16/h4-10,13H,11-12,14H2,1-3H3,(H,20,22)/p+1. The molecule has 0 radical (unpaired) electrons. The van der Waals surface area contributed by atoms with Gasteiger partial charge in [-0.2, -0.15) is 0 Å². The summed E-state index contributed by atoms with van der Waals surface area (Å²) >= 11 is 0. The molecule has 2 N–H and O–H groups in total. The minimum absolute atomic E-state index is 0.0453. The zero-order chi connectivity index (χ0) is 17.4. The number of anilines is 1. The molecule has 0 fully saturated rings. The zero-order valence-corrected chi connectivity index (χ0v) is 14.5. The molecule has 0 spiro atoms. The van der Waals surface area contributed by atoms with Gasteiger partial charge in [-0.1, -0.05) is 24.3 Å². The molecule has 0 heterocycles. The Kier molecular flexibility index (Phi) is 6.63. The molecule has 1 unspecified atom stereocenters. The van der Waals surface area contributed by atoms with Crippen molar-refractivity contribution in [2.45, 2.75) is 6.92 Å². The van der Waals surface area contributed by atoms with Crippen LogP contribution in [0.25, 0.3) is 0 Å². The van der Waals surface area contributed by atoms with Crippen LogP contribution in [0.2, 0.25) is 0 Å². The number of ether oxygens (including phenoxy) is 2. The van der Waals surface area contributed by atoms with Crippen molar-refractivity contribution in [3.8, 4) is 11.5 Å². The van der Waals surface area contributed by atoms with Crippen molar-refractivity contribution in [2.75, 3.05) is 39.2 Å². The van der Waals surface area contributed by atoms with Crippen LogP contribution in [-0.2, 0) is 4.79 Å². The van der Waals surface area contributed by atoms with E-state index >= 15 is 0 Å². The van der Waals surface area contributed by atoms with E-state index in [-0.39, 0.29) is 5.91 Å². The number of aryl methyl sites for hydroxylation is 1. The predicted octanol–water partition coefficient (Wildman–Crippen LogP) is 1.54. The lowest BCUT2D eigenvalue weighted by atomic mass is 10.2. The molecule has 0 aliphatic rings. The highest BCUT2D eigenvalue weighted by Crippen LogP contribution is 2.24. The second kappa shape index (κ2) is 8.93. The molecule has 1 amide bonds. The van der Waals surface area contributed by atoms with Gasteiger partial charge in [-0.15, -0.1) is 0 Å². The number of carbonyl (C=O) groups excluding carboxylic acids is 1. The molecule has 0 aliphatic carbocycles. The van der Waals surface area contributed by atoms with Crippen LogP contribution in [0, 0.1) is 6.92 Å². The minimum atomic E-state index is -0.0453. The molecule has 0 saturated heterocycles. The maximum Gasteiger partial charge on any atom is 0.279 e. The van der Waals surface area contributed by atoms with Gasteiger partial charge in [0.25, 0.3) is 5.91 Å². The Balaban J connectivity index is 1.78. The summed E-state index contributed by atoms with van der Waals surface area (Å²) in [4.78, 5) is 13.3. The number of hydrogen-bond donors (Lipinski definition) is 2. The summed E-state index contributed by atoms with van der Waals surface area (Å²) < 4.78 is 10.9. The number of methoxy groups -OCH3 is 1. The Bertz CT molecular complexity index is 659. The van der Waals surface area contributed by atoms with E-state index in [1.807, 2.05) is 62.5 Å². The van der Waals surface area contributed by atoms with Gasteiger partial charge in [0.1, 0.15) is 24.7 Å². The number of quaternary nitrogens is 1. The normalized spacial score (nSPS) is 11.6. The third-order valence-electron chi connectivity index (χ3n) is 3.63. The summed E-state index contributed by atoms with van der Waals surface area (Å²) in [5.41, 5.74) is 1.78. The van der Waals surface area contributed by atoms with Gasteiger partial charge in [0.15, 0.2) is 6.54 Å². The quantitative estimate of drug-likeness (QED) is 0.772. The number of hydrogen-bond acceptors (Lipinski definition) is 3. The minimum Gasteiger partial charge on any atom is -0.495 e. The highest BCUT2D eigenvalue weighted by Gasteiger charge is 2.12. The fourth-order valence-corrected chi connectivity index (χ4v) is 2.34. The van der Waals surface area contributed by atoms with Gasteiger partial charge in [-0.05, 0) is 36.8 Å². The summed E-state index contributed by atoms with van der Waals surface area (Å²) in [6, 6.07) is 15.4. The number of amides is 1. The van der Waals surface area contributed by atoms with Gasteiger partial charge in [-0.3, -0.25) is 4.79 Å². The first-order valence-electron chi connectivity index (χ1n) is 8.02. The van der Waals surface area contributed by atoms with E-state index in [1.54, 1.807) is 7.11 Å². The fourth-order valence-electron chi connectivity index (χ4n) is 2.34. The van der Waals surface area contributed by atoms with E-state index in [4.69, 9.17) is 9.47 Å². The Morgan fingerprint density at radius 2 is 1.92 bits per heavy atom. The predicted molar refractivity (Wildman–Crippen MR) is 94.9 cm³/mol. The lowest BCUT2D eigenvalue weighted by Gasteiger charge is -2.15. The fraction of sp³-hybridized carbons (Fsp3) is 0.316. The summed E-state index contributed by atoms with van der Waals surface area (Å²) in [7, 11) is 3.57. The number of benzene rings is 2. The van der Waals surface area contributed by atoms with Crippen LogP contribution >= 0.6 is 0 Å². The van der Waals surface area contributed by atoms with Crippen molar-refractivity contribution < 1.29 is 19.2 Å². The molecule has 0 aliphatic heterocycles. The molecular formula is C19H25N2O3+. The summed E-state index contributed by atoms with van der Waals surface area (Å²) in [6.07, 6.45) is 0. The maximum atomic E-state index is 12.2. The van der Waals surface area contributed by atoms with Crippen LogP contribution in [0.1, 0.15) is 5.56 Å². The molecule has 1 atom stereocenters. The largest absolute Gasteiger partial charge is 0.495 e. The first-order valence-corrected chi connectivity index (χ1v) is 8.02.